The molecule has 0 bridgehead atoms. The van der Waals surface area contributed by atoms with E-state index in [1.807, 2.05) is 13.8 Å². The number of nitrogens with zero attached hydrogens (tertiary/aromatic N) is 1. The van der Waals surface area contributed by atoms with Gasteiger partial charge in [0.1, 0.15) is 0 Å². The number of hydrogen-bond acceptors (Lipinski definition) is 2. The summed E-state index contributed by atoms with van der Waals surface area (Å²) in [6.45, 7) is 3.88. The molecule has 0 amide bonds. The number of halogens is 2. The molecule has 2 nitrogen and oxygen atoms in total. The zero-order valence-electron chi connectivity index (χ0n) is 8.00. The van der Waals surface area contributed by atoms with Crippen molar-refractivity contribution in [2.75, 3.05) is 0 Å². The predicted octanol–water partition coefficient (Wildman–Crippen LogP) is 2.65. The third kappa shape index (κ3) is 2.34. The van der Waals surface area contributed by atoms with E-state index in [4.69, 9.17) is 0 Å². The molecule has 0 aromatic carbocycles. The van der Waals surface area contributed by atoms with Gasteiger partial charge < -0.3 is 0 Å². The predicted molar refractivity (Wildman–Crippen MR) is 48.7 cm³/mol. The van der Waals surface area contributed by atoms with Crippen molar-refractivity contribution >= 4 is 5.78 Å². The van der Waals surface area contributed by atoms with Gasteiger partial charge in [-0.15, -0.1) is 0 Å². The van der Waals surface area contributed by atoms with Crippen LogP contribution in [-0.4, -0.2) is 17.2 Å². The van der Waals surface area contributed by atoms with Gasteiger partial charge in [0.25, 0.3) is 0 Å². The van der Waals surface area contributed by atoms with E-state index in [9.17, 15) is 13.6 Å². The molecule has 0 fully saturated rings. The molecular formula is C10H11F2NO. The van der Waals surface area contributed by atoms with Crippen LogP contribution in [0.4, 0.5) is 8.78 Å². The molecule has 4 heteroatoms. The normalized spacial score (nSPS) is 11.0. The van der Waals surface area contributed by atoms with E-state index in [2.05, 4.69) is 4.98 Å². The van der Waals surface area contributed by atoms with Crippen LogP contribution in [0.5, 0.6) is 0 Å². The molecule has 0 N–H and O–H groups in total. The number of alkyl halides is 2. The zero-order valence-corrected chi connectivity index (χ0v) is 8.00. The van der Waals surface area contributed by atoms with Crippen molar-refractivity contribution in [1.82, 2.24) is 4.98 Å². The zero-order chi connectivity index (χ0) is 10.7. The fourth-order valence-electron chi connectivity index (χ4n) is 1.02. The first kappa shape index (κ1) is 10.8. The fraction of sp³-hybridized carbons (Fsp3) is 0.400. The third-order valence-corrected chi connectivity index (χ3v) is 1.86. The van der Waals surface area contributed by atoms with Crippen molar-refractivity contribution in [3.05, 3.63) is 29.6 Å². The van der Waals surface area contributed by atoms with Crippen molar-refractivity contribution in [3.63, 3.8) is 0 Å². The van der Waals surface area contributed by atoms with E-state index >= 15 is 0 Å². The lowest BCUT2D eigenvalue weighted by molar-refractivity contribution is 0.0678. The van der Waals surface area contributed by atoms with Crippen LogP contribution >= 0.6 is 0 Å². The fourth-order valence-corrected chi connectivity index (χ4v) is 1.02. The first-order valence-corrected chi connectivity index (χ1v) is 4.30. The molecule has 1 heterocycles. The van der Waals surface area contributed by atoms with E-state index in [0.29, 0.717) is 0 Å². The van der Waals surface area contributed by atoms with Gasteiger partial charge in [-0.2, -0.15) is 0 Å². The highest BCUT2D eigenvalue weighted by Gasteiger charge is 2.17. The second-order valence-electron chi connectivity index (χ2n) is 3.29. The Morgan fingerprint density at radius 3 is 2.36 bits per heavy atom. The second-order valence-corrected chi connectivity index (χ2v) is 3.29. The van der Waals surface area contributed by atoms with Crippen molar-refractivity contribution < 1.29 is 13.6 Å². The van der Waals surface area contributed by atoms with Gasteiger partial charge in [-0.05, 0) is 18.1 Å². The Labute approximate surface area is 81.0 Å². The molecule has 0 atom stereocenters. The highest BCUT2D eigenvalue weighted by Crippen LogP contribution is 2.13. The maximum absolute atomic E-state index is 12.0. The average molecular weight is 199 g/mol. The largest absolute Gasteiger partial charge is 0.300 e. The number of carbonyl (C=O) groups is 1. The van der Waals surface area contributed by atoms with Crippen LogP contribution < -0.4 is 0 Å². The van der Waals surface area contributed by atoms with Gasteiger partial charge in [0, 0.05) is 17.5 Å². The molecule has 14 heavy (non-hydrogen) atoms. The SMILES string of the molecule is CC(C)c1ccc(C(=O)C(F)F)cn1. The second kappa shape index (κ2) is 4.26. The summed E-state index contributed by atoms with van der Waals surface area (Å²) in [7, 11) is 0. The first-order valence-electron chi connectivity index (χ1n) is 4.30. The van der Waals surface area contributed by atoms with Crippen molar-refractivity contribution in [1.29, 1.82) is 0 Å². The van der Waals surface area contributed by atoms with Crippen LogP contribution in [0.25, 0.3) is 0 Å². The molecule has 0 saturated carbocycles. The van der Waals surface area contributed by atoms with E-state index < -0.39 is 12.2 Å². The molecule has 0 saturated heterocycles. The molecule has 0 aliphatic carbocycles. The molecule has 76 valence electrons. The number of hydrogen-bond donors (Lipinski definition) is 0. The van der Waals surface area contributed by atoms with E-state index in [-0.39, 0.29) is 11.5 Å². The molecular weight excluding hydrogens is 188 g/mol. The molecule has 0 aliphatic heterocycles. The number of ketones is 1. The Hall–Kier alpha value is -1.32. The Morgan fingerprint density at radius 1 is 1.36 bits per heavy atom. The van der Waals surface area contributed by atoms with Gasteiger partial charge >= 0.3 is 6.43 Å². The summed E-state index contributed by atoms with van der Waals surface area (Å²) in [5.74, 6) is -0.946. The van der Waals surface area contributed by atoms with E-state index in [1.54, 1.807) is 6.07 Å². The van der Waals surface area contributed by atoms with Crippen LogP contribution in [-0.2, 0) is 0 Å². The molecule has 1 aromatic heterocycles. The topological polar surface area (TPSA) is 30.0 Å². The van der Waals surface area contributed by atoms with Crippen LogP contribution in [0.15, 0.2) is 18.3 Å². The smallest absolute Gasteiger partial charge is 0.288 e. The lowest BCUT2D eigenvalue weighted by Crippen LogP contribution is -2.10. The highest BCUT2D eigenvalue weighted by atomic mass is 19.3. The van der Waals surface area contributed by atoms with Gasteiger partial charge in [-0.3, -0.25) is 9.78 Å². The van der Waals surface area contributed by atoms with Crippen LogP contribution in [0, 0.1) is 0 Å². The standard InChI is InChI=1S/C10H11F2NO/c1-6(2)8-4-3-7(5-13-8)9(14)10(11)12/h3-6,10H,1-2H3. The van der Waals surface area contributed by atoms with Gasteiger partial charge in [-0.25, -0.2) is 8.78 Å². The molecule has 1 aromatic rings. The van der Waals surface area contributed by atoms with Crippen LogP contribution in [0.1, 0.15) is 35.8 Å². The lowest BCUT2D eigenvalue weighted by Gasteiger charge is -2.04. The monoisotopic (exact) mass is 199 g/mol. The summed E-state index contributed by atoms with van der Waals surface area (Å²) >= 11 is 0. The van der Waals surface area contributed by atoms with Crippen LogP contribution in [0.2, 0.25) is 0 Å². The summed E-state index contributed by atoms with van der Waals surface area (Å²) in [5.41, 5.74) is 0.750. The van der Waals surface area contributed by atoms with Crippen molar-refractivity contribution in [2.24, 2.45) is 0 Å². The van der Waals surface area contributed by atoms with Gasteiger partial charge in [0.15, 0.2) is 0 Å². The summed E-state index contributed by atoms with van der Waals surface area (Å²) in [5, 5.41) is 0. The third-order valence-electron chi connectivity index (χ3n) is 1.86. The number of aromatic nitrogens is 1. The van der Waals surface area contributed by atoms with Crippen molar-refractivity contribution in [3.8, 4) is 0 Å². The Bertz CT molecular complexity index is 319. The molecule has 0 aliphatic rings. The summed E-state index contributed by atoms with van der Waals surface area (Å²) < 4.78 is 24.0. The first-order chi connectivity index (χ1) is 6.52. The highest BCUT2D eigenvalue weighted by molar-refractivity contribution is 5.98. The van der Waals surface area contributed by atoms with Gasteiger partial charge in [0.05, 0.1) is 0 Å². The number of rotatable bonds is 3. The average Bonchev–Trinajstić information content (AvgIpc) is 2.16. The quantitative estimate of drug-likeness (QED) is 0.700. The summed E-state index contributed by atoms with van der Waals surface area (Å²) in [6, 6.07) is 2.98. The minimum absolute atomic E-state index is 0.0376. The maximum atomic E-state index is 12.0. The minimum atomic E-state index is -2.96. The molecule has 0 unspecified atom stereocenters. The van der Waals surface area contributed by atoms with Gasteiger partial charge in [0.2, 0.25) is 5.78 Å². The number of carbonyl (C=O) groups excluding carboxylic acids is 1. The lowest BCUT2D eigenvalue weighted by atomic mass is 10.1. The van der Waals surface area contributed by atoms with Gasteiger partial charge in [-0.1, -0.05) is 13.8 Å². The van der Waals surface area contributed by atoms with Crippen molar-refractivity contribution in [2.45, 2.75) is 26.2 Å². The number of Topliss-reactive ketones (excluding diaryl/α,β-unsaturated/α-hetero) is 1. The van der Waals surface area contributed by atoms with E-state index in [0.717, 1.165) is 5.69 Å². The maximum Gasteiger partial charge on any atom is 0.300 e. The minimum Gasteiger partial charge on any atom is -0.288 e. The Kier molecular flexibility index (Phi) is 3.28. The molecule has 0 radical (unpaired) electrons. The summed E-state index contributed by atoms with van der Waals surface area (Å²) in [6.07, 6.45) is -1.76. The Balaban J connectivity index is 2.89. The molecule has 1 rings (SSSR count). The molecule has 0 spiro atoms. The Morgan fingerprint density at radius 2 is 2.00 bits per heavy atom. The summed E-state index contributed by atoms with van der Waals surface area (Å²) in [4.78, 5) is 14.8. The number of pyridine rings is 1. The van der Waals surface area contributed by atoms with E-state index in [1.165, 1.54) is 12.3 Å². The van der Waals surface area contributed by atoms with Crippen LogP contribution in [0.3, 0.4) is 0 Å².